The van der Waals surface area contributed by atoms with E-state index in [0.717, 1.165) is 37.1 Å². The molecule has 0 unspecified atom stereocenters. The van der Waals surface area contributed by atoms with Crippen molar-refractivity contribution in [1.29, 1.82) is 5.26 Å². The van der Waals surface area contributed by atoms with Crippen molar-refractivity contribution in [1.82, 2.24) is 9.88 Å². The van der Waals surface area contributed by atoms with Crippen molar-refractivity contribution in [2.45, 2.75) is 13.5 Å². The molecule has 0 aromatic carbocycles. The van der Waals surface area contributed by atoms with E-state index in [-0.39, 0.29) is 5.97 Å². The Morgan fingerprint density at radius 3 is 2.88 bits per heavy atom. The monoisotopic (exact) mass is 346 g/mol. The predicted octanol–water partition coefficient (Wildman–Crippen LogP) is 2.11. The number of aromatic nitrogens is 1. The highest BCUT2D eigenvalue weighted by atomic mass is 32.1. The molecule has 126 valence electrons. The highest BCUT2D eigenvalue weighted by Gasteiger charge is 2.21. The second-order valence-electron chi connectivity index (χ2n) is 5.37. The smallest absolute Gasteiger partial charge is 0.350 e. The first kappa shape index (κ1) is 16.5. The SMILES string of the molecule is CCOC(=O)c1cnc(N2CCN(Cc3ccc(C#N)o3)CC2)s1. The number of hydrogen-bond acceptors (Lipinski definition) is 8. The minimum Gasteiger partial charge on any atom is -0.462 e. The van der Waals surface area contributed by atoms with E-state index in [0.29, 0.717) is 23.8 Å². The normalized spacial score (nSPS) is 15.2. The second-order valence-corrected chi connectivity index (χ2v) is 6.38. The van der Waals surface area contributed by atoms with Crippen LogP contribution in [0.3, 0.4) is 0 Å². The van der Waals surface area contributed by atoms with Crippen LogP contribution in [0.2, 0.25) is 0 Å². The number of carbonyl (C=O) groups excluding carboxylic acids is 1. The summed E-state index contributed by atoms with van der Waals surface area (Å²) in [5, 5.41) is 9.64. The highest BCUT2D eigenvalue weighted by Crippen LogP contribution is 2.24. The molecule has 0 bridgehead atoms. The largest absolute Gasteiger partial charge is 0.462 e. The lowest BCUT2D eigenvalue weighted by Crippen LogP contribution is -2.45. The number of rotatable bonds is 5. The van der Waals surface area contributed by atoms with Crippen molar-refractivity contribution in [3.05, 3.63) is 34.7 Å². The zero-order valence-electron chi connectivity index (χ0n) is 13.4. The Labute approximate surface area is 144 Å². The Hall–Kier alpha value is -2.37. The number of anilines is 1. The van der Waals surface area contributed by atoms with E-state index in [1.54, 1.807) is 19.2 Å². The Bertz CT molecular complexity index is 741. The summed E-state index contributed by atoms with van der Waals surface area (Å²) in [6.07, 6.45) is 1.58. The van der Waals surface area contributed by atoms with Gasteiger partial charge in [-0.15, -0.1) is 0 Å². The molecule has 0 aliphatic carbocycles. The second kappa shape index (κ2) is 7.47. The molecule has 1 aliphatic rings. The lowest BCUT2D eigenvalue weighted by molar-refractivity contribution is 0.0532. The Balaban J connectivity index is 1.53. The first-order chi connectivity index (χ1) is 11.7. The summed E-state index contributed by atoms with van der Waals surface area (Å²) >= 11 is 1.37. The van der Waals surface area contributed by atoms with Crippen molar-refractivity contribution in [2.24, 2.45) is 0 Å². The van der Waals surface area contributed by atoms with E-state index in [4.69, 9.17) is 14.4 Å². The van der Waals surface area contributed by atoms with Gasteiger partial charge in [0.2, 0.25) is 5.76 Å². The maximum Gasteiger partial charge on any atom is 0.350 e. The number of hydrogen-bond donors (Lipinski definition) is 0. The number of carbonyl (C=O) groups is 1. The van der Waals surface area contributed by atoms with Gasteiger partial charge in [0, 0.05) is 26.2 Å². The zero-order chi connectivity index (χ0) is 16.9. The van der Waals surface area contributed by atoms with Gasteiger partial charge in [-0.25, -0.2) is 9.78 Å². The van der Waals surface area contributed by atoms with Gasteiger partial charge in [-0.1, -0.05) is 11.3 Å². The third-order valence-electron chi connectivity index (χ3n) is 3.76. The maximum atomic E-state index is 11.7. The Kier molecular flexibility index (Phi) is 5.13. The number of nitrogens with zero attached hydrogens (tertiary/aromatic N) is 4. The van der Waals surface area contributed by atoms with E-state index in [1.807, 2.05) is 12.1 Å². The molecular weight excluding hydrogens is 328 g/mol. The Morgan fingerprint density at radius 2 is 2.21 bits per heavy atom. The first-order valence-electron chi connectivity index (χ1n) is 7.78. The van der Waals surface area contributed by atoms with Crippen LogP contribution in [0.4, 0.5) is 5.13 Å². The van der Waals surface area contributed by atoms with Crippen LogP contribution in [0.5, 0.6) is 0 Å². The van der Waals surface area contributed by atoms with E-state index >= 15 is 0 Å². The fourth-order valence-corrected chi connectivity index (χ4v) is 3.41. The number of esters is 1. The minimum absolute atomic E-state index is 0.314. The minimum atomic E-state index is -0.314. The van der Waals surface area contributed by atoms with Gasteiger partial charge >= 0.3 is 5.97 Å². The van der Waals surface area contributed by atoms with Crippen LogP contribution in [0.25, 0.3) is 0 Å². The number of nitriles is 1. The molecule has 0 atom stereocenters. The van der Waals surface area contributed by atoms with Crippen LogP contribution >= 0.6 is 11.3 Å². The van der Waals surface area contributed by atoms with Crippen molar-refractivity contribution >= 4 is 22.4 Å². The van der Waals surface area contributed by atoms with Crippen LogP contribution in [0, 0.1) is 11.3 Å². The van der Waals surface area contributed by atoms with Crippen molar-refractivity contribution in [2.75, 3.05) is 37.7 Å². The fourth-order valence-electron chi connectivity index (χ4n) is 2.55. The van der Waals surface area contributed by atoms with Gasteiger partial charge in [0.15, 0.2) is 5.13 Å². The number of furan rings is 1. The molecule has 0 spiro atoms. The van der Waals surface area contributed by atoms with Crippen LogP contribution in [0.15, 0.2) is 22.7 Å². The molecule has 0 saturated carbocycles. The fraction of sp³-hybridized carbons (Fsp3) is 0.438. The molecule has 0 N–H and O–H groups in total. The summed E-state index contributed by atoms with van der Waals surface area (Å²) in [4.78, 5) is 21.0. The van der Waals surface area contributed by atoms with Crippen LogP contribution in [-0.2, 0) is 11.3 Å². The third-order valence-corrected chi connectivity index (χ3v) is 4.80. The van der Waals surface area contributed by atoms with Crippen molar-refractivity contribution in [3.63, 3.8) is 0 Å². The summed E-state index contributed by atoms with van der Waals surface area (Å²) in [5.41, 5.74) is 0. The molecule has 3 rings (SSSR count). The van der Waals surface area contributed by atoms with E-state index in [2.05, 4.69) is 14.8 Å². The summed E-state index contributed by atoms with van der Waals surface area (Å²) in [6.45, 7) is 6.27. The molecule has 8 heteroatoms. The van der Waals surface area contributed by atoms with Crippen LogP contribution in [-0.4, -0.2) is 48.6 Å². The summed E-state index contributed by atoms with van der Waals surface area (Å²) in [6, 6.07) is 5.53. The maximum absolute atomic E-state index is 11.7. The molecule has 2 aromatic heterocycles. The first-order valence-corrected chi connectivity index (χ1v) is 8.60. The standard InChI is InChI=1S/C16H18N4O3S/c1-2-22-15(21)14-10-18-16(24-14)20-7-5-19(6-8-20)11-13-4-3-12(9-17)23-13/h3-4,10H,2,5-8,11H2,1H3. The van der Waals surface area contributed by atoms with Gasteiger partial charge in [0.25, 0.3) is 0 Å². The van der Waals surface area contributed by atoms with E-state index in [1.165, 1.54) is 11.3 Å². The van der Waals surface area contributed by atoms with Gasteiger partial charge in [-0.2, -0.15) is 5.26 Å². The highest BCUT2D eigenvalue weighted by molar-refractivity contribution is 7.17. The van der Waals surface area contributed by atoms with Crippen LogP contribution in [0.1, 0.15) is 28.1 Å². The molecule has 1 saturated heterocycles. The third kappa shape index (κ3) is 3.75. The molecule has 1 fully saturated rings. The van der Waals surface area contributed by atoms with Crippen LogP contribution < -0.4 is 4.90 Å². The molecule has 0 radical (unpaired) electrons. The van der Waals surface area contributed by atoms with E-state index in [9.17, 15) is 4.79 Å². The summed E-state index contributed by atoms with van der Waals surface area (Å²) in [5.74, 6) is 0.836. The summed E-state index contributed by atoms with van der Waals surface area (Å²) < 4.78 is 10.4. The lowest BCUT2D eigenvalue weighted by Gasteiger charge is -2.34. The van der Waals surface area contributed by atoms with Gasteiger partial charge in [-0.3, -0.25) is 4.90 Å². The molecular formula is C16H18N4O3S. The Morgan fingerprint density at radius 1 is 1.42 bits per heavy atom. The number of piperazine rings is 1. The predicted molar refractivity (Wildman–Crippen MR) is 89.0 cm³/mol. The van der Waals surface area contributed by atoms with Gasteiger partial charge in [0.05, 0.1) is 19.3 Å². The topological polar surface area (TPSA) is 82.6 Å². The average molecular weight is 346 g/mol. The lowest BCUT2D eigenvalue weighted by atomic mass is 10.3. The molecule has 2 aromatic rings. The van der Waals surface area contributed by atoms with Crippen molar-refractivity contribution < 1.29 is 13.9 Å². The zero-order valence-corrected chi connectivity index (χ0v) is 14.2. The average Bonchev–Trinajstić information content (AvgIpc) is 3.25. The molecule has 1 aliphatic heterocycles. The van der Waals surface area contributed by atoms with Gasteiger partial charge < -0.3 is 14.1 Å². The number of ether oxygens (including phenoxy) is 1. The number of thiazole rings is 1. The molecule has 0 amide bonds. The molecule has 7 nitrogen and oxygen atoms in total. The molecule has 3 heterocycles. The summed E-state index contributed by atoms with van der Waals surface area (Å²) in [7, 11) is 0. The van der Waals surface area contributed by atoms with Crippen molar-refractivity contribution in [3.8, 4) is 6.07 Å². The molecule has 24 heavy (non-hydrogen) atoms. The van der Waals surface area contributed by atoms with E-state index < -0.39 is 0 Å². The van der Waals surface area contributed by atoms with Gasteiger partial charge in [0.1, 0.15) is 16.7 Å². The van der Waals surface area contributed by atoms with Gasteiger partial charge in [-0.05, 0) is 19.1 Å². The quantitative estimate of drug-likeness (QED) is 0.767.